The van der Waals surface area contributed by atoms with Crippen molar-refractivity contribution in [3.8, 4) is 0 Å². The van der Waals surface area contributed by atoms with Gasteiger partial charge in [0.2, 0.25) is 5.91 Å². The summed E-state index contributed by atoms with van der Waals surface area (Å²) < 4.78 is 0. The zero-order valence-electron chi connectivity index (χ0n) is 11.6. The predicted octanol–water partition coefficient (Wildman–Crippen LogP) is 0.977. The first-order valence-electron chi connectivity index (χ1n) is 7.50. The molecule has 1 amide bonds. The molecule has 18 heavy (non-hydrogen) atoms. The quantitative estimate of drug-likeness (QED) is 0.785. The van der Waals surface area contributed by atoms with Gasteiger partial charge in [-0.2, -0.15) is 0 Å². The van der Waals surface area contributed by atoms with E-state index in [0.29, 0.717) is 18.4 Å². The lowest BCUT2D eigenvalue weighted by Gasteiger charge is -2.32. The minimum absolute atomic E-state index is 0.263. The maximum Gasteiger partial charge on any atom is 0.220 e. The number of nitrogens with zero attached hydrogens (tertiary/aromatic N) is 1. The smallest absolute Gasteiger partial charge is 0.220 e. The molecule has 0 aromatic rings. The Kier molecular flexibility index (Phi) is 5.45. The summed E-state index contributed by atoms with van der Waals surface area (Å²) in [7, 11) is 0. The van der Waals surface area contributed by atoms with Gasteiger partial charge in [0, 0.05) is 25.6 Å². The number of hydrogen-bond donors (Lipinski definition) is 2. The number of likely N-dealkylation sites (tertiary alicyclic amines) is 1. The van der Waals surface area contributed by atoms with E-state index in [2.05, 4.69) is 22.5 Å². The number of piperidine rings is 2. The molecule has 4 heteroatoms. The maximum atomic E-state index is 12.0. The van der Waals surface area contributed by atoms with Crippen LogP contribution in [-0.2, 0) is 4.79 Å². The molecule has 1 unspecified atom stereocenters. The molecular formula is C14H27N3O. The number of amides is 1. The Morgan fingerprint density at radius 1 is 1.33 bits per heavy atom. The molecule has 2 heterocycles. The van der Waals surface area contributed by atoms with Crippen LogP contribution in [0.15, 0.2) is 0 Å². The van der Waals surface area contributed by atoms with Crippen LogP contribution >= 0.6 is 0 Å². The van der Waals surface area contributed by atoms with Crippen molar-refractivity contribution >= 4 is 5.91 Å². The largest absolute Gasteiger partial charge is 0.353 e. The third kappa shape index (κ3) is 4.25. The van der Waals surface area contributed by atoms with E-state index in [-0.39, 0.29) is 5.91 Å². The van der Waals surface area contributed by atoms with Crippen LogP contribution in [0, 0.1) is 5.92 Å². The maximum absolute atomic E-state index is 12.0. The Bertz CT molecular complexity index is 256. The molecule has 2 fully saturated rings. The Labute approximate surface area is 110 Å². The zero-order valence-corrected chi connectivity index (χ0v) is 11.6. The molecule has 2 saturated heterocycles. The molecule has 104 valence electrons. The van der Waals surface area contributed by atoms with E-state index in [1.165, 1.54) is 12.8 Å². The van der Waals surface area contributed by atoms with Crippen molar-refractivity contribution in [2.75, 3.05) is 32.7 Å². The molecule has 0 bridgehead atoms. The third-order valence-corrected chi connectivity index (χ3v) is 4.27. The van der Waals surface area contributed by atoms with Gasteiger partial charge >= 0.3 is 0 Å². The van der Waals surface area contributed by atoms with Crippen molar-refractivity contribution < 1.29 is 4.79 Å². The summed E-state index contributed by atoms with van der Waals surface area (Å²) in [4.78, 5) is 14.4. The summed E-state index contributed by atoms with van der Waals surface area (Å²) in [6, 6.07) is 0.414. The van der Waals surface area contributed by atoms with Crippen molar-refractivity contribution in [2.45, 2.75) is 45.1 Å². The number of carbonyl (C=O) groups is 1. The van der Waals surface area contributed by atoms with Crippen LogP contribution in [0.5, 0.6) is 0 Å². The molecule has 0 aromatic heterocycles. The molecule has 0 aliphatic carbocycles. The van der Waals surface area contributed by atoms with Gasteiger partial charge in [-0.3, -0.25) is 4.79 Å². The average molecular weight is 253 g/mol. The fourth-order valence-electron chi connectivity index (χ4n) is 3.04. The fourth-order valence-corrected chi connectivity index (χ4v) is 3.04. The van der Waals surface area contributed by atoms with Gasteiger partial charge in [0.1, 0.15) is 0 Å². The van der Waals surface area contributed by atoms with Crippen LogP contribution in [0.1, 0.15) is 39.0 Å². The lowest BCUT2D eigenvalue weighted by molar-refractivity contribution is -0.123. The van der Waals surface area contributed by atoms with Crippen LogP contribution in [-0.4, -0.2) is 49.6 Å². The zero-order chi connectivity index (χ0) is 12.8. The normalized spacial score (nSPS) is 27.1. The van der Waals surface area contributed by atoms with E-state index in [0.717, 1.165) is 45.6 Å². The number of hydrogen-bond acceptors (Lipinski definition) is 3. The molecule has 2 rings (SSSR count). The molecule has 2 N–H and O–H groups in total. The van der Waals surface area contributed by atoms with Crippen molar-refractivity contribution in [1.82, 2.24) is 15.5 Å². The molecule has 4 nitrogen and oxygen atoms in total. The van der Waals surface area contributed by atoms with Gasteiger partial charge < -0.3 is 15.5 Å². The summed E-state index contributed by atoms with van der Waals surface area (Å²) >= 11 is 0. The topological polar surface area (TPSA) is 44.4 Å². The van der Waals surface area contributed by atoms with Gasteiger partial charge in [-0.1, -0.05) is 6.92 Å². The highest BCUT2D eigenvalue weighted by atomic mass is 16.1. The van der Waals surface area contributed by atoms with Gasteiger partial charge in [0.15, 0.2) is 0 Å². The van der Waals surface area contributed by atoms with E-state index in [1.807, 2.05) is 0 Å². The van der Waals surface area contributed by atoms with Crippen LogP contribution in [0.4, 0.5) is 0 Å². The lowest BCUT2D eigenvalue weighted by Crippen LogP contribution is -2.45. The molecule has 0 radical (unpaired) electrons. The van der Waals surface area contributed by atoms with Gasteiger partial charge in [-0.25, -0.2) is 0 Å². The number of carbonyl (C=O) groups excluding carboxylic acids is 1. The van der Waals surface area contributed by atoms with Crippen LogP contribution in [0.25, 0.3) is 0 Å². The highest BCUT2D eigenvalue weighted by Gasteiger charge is 2.22. The van der Waals surface area contributed by atoms with Gasteiger partial charge in [-0.05, 0) is 51.2 Å². The van der Waals surface area contributed by atoms with E-state index < -0.39 is 0 Å². The van der Waals surface area contributed by atoms with E-state index in [9.17, 15) is 4.79 Å². The van der Waals surface area contributed by atoms with Gasteiger partial charge in [0.25, 0.3) is 0 Å². The van der Waals surface area contributed by atoms with Crippen LogP contribution in [0.3, 0.4) is 0 Å². The standard InChI is InChI=1S/C14H27N3O/c1-2-17-8-5-13(6-9-17)16-14(18)10-12-4-3-7-15-11-12/h12-13,15H,2-11H2,1H3,(H,16,18). The fraction of sp³-hybridized carbons (Fsp3) is 0.929. The second-order valence-corrected chi connectivity index (χ2v) is 5.69. The predicted molar refractivity (Wildman–Crippen MR) is 73.5 cm³/mol. The van der Waals surface area contributed by atoms with Gasteiger partial charge in [-0.15, -0.1) is 0 Å². The summed E-state index contributed by atoms with van der Waals surface area (Å²) in [5.41, 5.74) is 0. The van der Waals surface area contributed by atoms with Crippen molar-refractivity contribution in [1.29, 1.82) is 0 Å². The summed E-state index contributed by atoms with van der Waals surface area (Å²) in [6.45, 7) is 7.73. The summed E-state index contributed by atoms with van der Waals surface area (Å²) in [5.74, 6) is 0.813. The number of nitrogens with one attached hydrogen (secondary N) is 2. The van der Waals surface area contributed by atoms with Crippen molar-refractivity contribution in [3.63, 3.8) is 0 Å². The highest BCUT2D eigenvalue weighted by molar-refractivity contribution is 5.76. The Morgan fingerprint density at radius 3 is 2.72 bits per heavy atom. The SMILES string of the molecule is CCN1CCC(NC(=O)CC2CCCNC2)CC1. The van der Waals surface area contributed by atoms with Crippen LogP contribution in [0.2, 0.25) is 0 Å². The Hall–Kier alpha value is -0.610. The second kappa shape index (κ2) is 7.10. The monoisotopic (exact) mass is 253 g/mol. The molecule has 0 saturated carbocycles. The Morgan fingerprint density at radius 2 is 2.11 bits per heavy atom. The molecule has 2 aliphatic rings. The summed E-state index contributed by atoms with van der Waals surface area (Å²) in [6.07, 6.45) is 5.35. The third-order valence-electron chi connectivity index (χ3n) is 4.27. The molecule has 2 aliphatic heterocycles. The molecule has 0 spiro atoms. The van der Waals surface area contributed by atoms with E-state index in [4.69, 9.17) is 0 Å². The van der Waals surface area contributed by atoms with Crippen LogP contribution < -0.4 is 10.6 Å². The molecule has 0 aromatic carbocycles. The molecular weight excluding hydrogens is 226 g/mol. The van der Waals surface area contributed by atoms with Crippen molar-refractivity contribution in [2.24, 2.45) is 5.92 Å². The first-order valence-corrected chi connectivity index (χ1v) is 7.50. The first kappa shape index (κ1) is 13.8. The first-order chi connectivity index (χ1) is 8.78. The lowest BCUT2D eigenvalue weighted by atomic mass is 9.95. The van der Waals surface area contributed by atoms with E-state index >= 15 is 0 Å². The second-order valence-electron chi connectivity index (χ2n) is 5.69. The molecule has 1 atom stereocenters. The Balaban J connectivity index is 1.65. The van der Waals surface area contributed by atoms with E-state index in [1.54, 1.807) is 0 Å². The van der Waals surface area contributed by atoms with Gasteiger partial charge in [0.05, 0.1) is 0 Å². The average Bonchev–Trinajstić information content (AvgIpc) is 2.40. The number of rotatable bonds is 4. The van der Waals surface area contributed by atoms with Crippen molar-refractivity contribution in [3.05, 3.63) is 0 Å². The summed E-state index contributed by atoms with van der Waals surface area (Å²) in [5, 5.41) is 6.59. The minimum Gasteiger partial charge on any atom is -0.353 e. The minimum atomic E-state index is 0.263. The highest BCUT2D eigenvalue weighted by Crippen LogP contribution is 2.15.